The van der Waals surface area contributed by atoms with E-state index in [0.29, 0.717) is 22.9 Å². The minimum Gasteiger partial charge on any atom is -0.391 e. The maximum atomic E-state index is 13.8. The summed E-state index contributed by atoms with van der Waals surface area (Å²) in [6.07, 6.45) is -0.974. The molecule has 15 nitrogen and oxygen atoms in total. The number of thiocarbonyl (C=S) groups is 1. The van der Waals surface area contributed by atoms with E-state index in [2.05, 4.69) is 31.1 Å². The lowest BCUT2D eigenvalue weighted by atomic mass is 10.0. The Labute approximate surface area is 379 Å². The highest BCUT2D eigenvalue weighted by Crippen LogP contribution is 2.32. The van der Waals surface area contributed by atoms with E-state index in [9.17, 15) is 29.4 Å². The van der Waals surface area contributed by atoms with Crippen LogP contribution < -0.4 is 16.0 Å². The predicted molar refractivity (Wildman–Crippen MR) is 244 cm³/mol. The highest BCUT2D eigenvalue weighted by atomic mass is 32.1. The van der Waals surface area contributed by atoms with Gasteiger partial charge < -0.3 is 40.5 Å². The second-order valence-electron chi connectivity index (χ2n) is 16.5. The first-order valence-corrected chi connectivity index (χ1v) is 23.1. The molecule has 5 heterocycles. The van der Waals surface area contributed by atoms with Gasteiger partial charge in [-0.25, -0.2) is 9.97 Å². The molecule has 332 valence electrons. The summed E-state index contributed by atoms with van der Waals surface area (Å²) in [6, 6.07) is 13.8. The molecule has 0 aliphatic carbocycles. The van der Waals surface area contributed by atoms with Crippen LogP contribution in [0.2, 0.25) is 0 Å². The van der Waals surface area contributed by atoms with Crippen LogP contribution in [0.4, 0.5) is 0 Å². The number of β-amino-alcohol motifs (C(OH)–C–C–N with tert-alkyl or cyclic N) is 2. The fourth-order valence-electron chi connectivity index (χ4n) is 8.13. The second kappa shape index (κ2) is 20.0. The molecule has 2 aromatic carbocycles. The molecule has 5 N–H and O–H groups in total. The third-order valence-corrected chi connectivity index (χ3v) is 13.9. The van der Waals surface area contributed by atoms with Gasteiger partial charge in [-0.3, -0.25) is 19.2 Å². The van der Waals surface area contributed by atoms with Crippen LogP contribution in [-0.4, -0.2) is 107 Å². The van der Waals surface area contributed by atoms with E-state index in [0.717, 1.165) is 49.0 Å². The van der Waals surface area contributed by atoms with E-state index >= 15 is 0 Å². The molecule has 5 atom stereocenters. The summed E-state index contributed by atoms with van der Waals surface area (Å²) in [4.78, 5) is 67.1. The average Bonchev–Trinajstić information content (AvgIpc) is 4.12. The molecule has 0 unspecified atom stereocenters. The Hall–Kier alpha value is -5.40. The molecule has 2 aliphatic rings. The van der Waals surface area contributed by atoms with Crippen LogP contribution in [0.3, 0.4) is 0 Å². The monoisotopic (exact) mass is 912 g/mol. The quantitative estimate of drug-likeness (QED) is 0.0924. The highest BCUT2D eigenvalue weighted by molar-refractivity contribution is 7.80. The highest BCUT2D eigenvalue weighted by Gasteiger charge is 2.41. The van der Waals surface area contributed by atoms with Crippen molar-refractivity contribution in [3.63, 3.8) is 0 Å². The van der Waals surface area contributed by atoms with E-state index in [1.165, 1.54) is 23.2 Å². The van der Waals surface area contributed by atoms with Crippen LogP contribution in [0.1, 0.15) is 73.1 Å². The molecule has 7 rings (SSSR count). The Morgan fingerprint density at radius 1 is 0.810 bits per heavy atom. The largest absolute Gasteiger partial charge is 0.391 e. The maximum Gasteiger partial charge on any atom is 0.243 e. The first kappa shape index (κ1) is 45.6. The number of hydrogen-bond acceptors (Lipinski definition) is 13. The molecule has 63 heavy (non-hydrogen) atoms. The number of aliphatic hydroxyl groups excluding tert-OH is 2. The van der Waals surface area contributed by atoms with E-state index in [1.807, 2.05) is 81.7 Å². The second-order valence-corrected chi connectivity index (χ2v) is 18.6. The zero-order valence-corrected chi connectivity index (χ0v) is 38.2. The van der Waals surface area contributed by atoms with Gasteiger partial charge in [0.2, 0.25) is 23.6 Å². The van der Waals surface area contributed by atoms with Crippen LogP contribution in [0, 0.1) is 19.8 Å². The van der Waals surface area contributed by atoms with Crippen molar-refractivity contribution in [3.05, 3.63) is 99.1 Å². The van der Waals surface area contributed by atoms with Crippen molar-refractivity contribution < 1.29 is 33.9 Å². The molecule has 0 bridgehead atoms. The molecule has 0 spiro atoms. The van der Waals surface area contributed by atoms with Crippen molar-refractivity contribution in [1.29, 1.82) is 0 Å². The molecular weight excluding hydrogens is 861 g/mol. The van der Waals surface area contributed by atoms with Crippen molar-refractivity contribution in [2.24, 2.45) is 5.92 Å². The van der Waals surface area contributed by atoms with Crippen molar-refractivity contribution in [2.45, 2.75) is 104 Å². The van der Waals surface area contributed by atoms with Gasteiger partial charge in [0.15, 0.2) is 0 Å². The number of carbonyl (C=O) groups is 4. The SMILES string of the molecule is CC(=O)N[C@H](C(=S)N1C[C@H](O)C[C@H]1C(=O)NCc1ccc(-c2scnc2Cc2c(C)noc2CC(=O)N2C[C@H](O)C[C@H]2C(=O)NCc2ccc(-c3scnc3C)cc2)cc1)C(C)C. The van der Waals surface area contributed by atoms with E-state index in [1.54, 1.807) is 21.7 Å². The van der Waals surface area contributed by atoms with Crippen molar-refractivity contribution in [1.82, 2.24) is 40.9 Å². The van der Waals surface area contributed by atoms with E-state index < -0.39 is 30.3 Å². The minimum absolute atomic E-state index is 0.00172. The Kier molecular flexibility index (Phi) is 14.5. The Bertz CT molecular complexity index is 2450. The molecule has 0 saturated carbocycles. The molecule has 5 aromatic rings. The number of hydrogen-bond donors (Lipinski definition) is 5. The summed E-state index contributed by atoms with van der Waals surface area (Å²) in [5.74, 6) is -0.783. The normalized spacial score (nSPS) is 19.0. The lowest BCUT2D eigenvalue weighted by Gasteiger charge is -2.32. The molecule has 4 amide bonds. The van der Waals surface area contributed by atoms with Gasteiger partial charge in [0, 0.05) is 57.9 Å². The molecular formula is C45H52N8O7S3. The number of aryl methyl sites for hydroxylation is 2. The van der Waals surface area contributed by atoms with E-state index in [4.69, 9.17) is 16.7 Å². The fraction of sp³-hybridized carbons (Fsp3) is 0.422. The average molecular weight is 913 g/mol. The Balaban J connectivity index is 0.950. The number of aromatic nitrogens is 3. The zero-order chi connectivity index (χ0) is 44.9. The van der Waals surface area contributed by atoms with Crippen molar-refractivity contribution >= 4 is 63.5 Å². The van der Waals surface area contributed by atoms with Gasteiger partial charge >= 0.3 is 0 Å². The number of aliphatic hydroxyl groups is 2. The third-order valence-electron chi connectivity index (χ3n) is 11.5. The third kappa shape index (κ3) is 10.7. The van der Waals surface area contributed by atoms with Crippen molar-refractivity contribution in [2.75, 3.05) is 13.1 Å². The summed E-state index contributed by atoms with van der Waals surface area (Å²) in [5, 5.41) is 34.1. The summed E-state index contributed by atoms with van der Waals surface area (Å²) in [7, 11) is 0. The summed E-state index contributed by atoms with van der Waals surface area (Å²) >= 11 is 8.79. The minimum atomic E-state index is -0.835. The Morgan fingerprint density at radius 3 is 1.90 bits per heavy atom. The Morgan fingerprint density at radius 2 is 1.35 bits per heavy atom. The summed E-state index contributed by atoms with van der Waals surface area (Å²) < 4.78 is 5.69. The van der Waals surface area contributed by atoms with E-state index in [-0.39, 0.29) is 75.0 Å². The van der Waals surface area contributed by atoms with Crippen LogP contribution in [0.15, 0.2) is 64.1 Å². The first-order valence-electron chi connectivity index (χ1n) is 20.9. The van der Waals surface area contributed by atoms with Gasteiger partial charge in [0.25, 0.3) is 0 Å². The first-order chi connectivity index (χ1) is 30.2. The fourth-order valence-corrected chi connectivity index (χ4v) is 10.3. The molecule has 18 heteroatoms. The number of nitrogens with one attached hydrogen (secondary N) is 3. The molecule has 2 fully saturated rings. The van der Waals surface area contributed by atoms with Gasteiger partial charge in [0.1, 0.15) is 22.8 Å². The number of likely N-dealkylation sites (tertiary alicyclic amines) is 2. The predicted octanol–water partition coefficient (Wildman–Crippen LogP) is 4.49. The van der Waals surface area contributed by atoms with Gasteiger partial charge in [-0.05, 0) is 42.0 Å². The smallest absolute Gasteiger partial charge is 0.243 e. The number of thiazole rings is 2. The van der Waals surface area contributed by atoms with Gasteiger partial charge in [-0.1, -0.05) is 79.8 Å². The summed E-state index contributed by atoms with van der Waals surface area (Å²) in [6.45, 7) is 9.89. The topological polar surface area (TPSA) is 203 Å². The van der Waals surface area contributed by atoms with Crippen LogP contribution in [-0.2, 0) is 45.1 Å². The van der Waals surface area contributed by atoms with Crippen LogP contribution in [0.5, 0.6) is 0 Å². The number of carbonyl (C=O) groups excluding carboxylic acids is 4. The van der Waals surface area contributed by atoms with Gasteiger partial charge in [-0.2, -0.15) is 0 Å². The maximum absolute atomic E-state index is 13.8. The molecule has 2 saturated heterocycles. The number of amides is 4. The zero-order valence-electron chi connectivity index (χ0n) is 35.8. The van der Waals surface area contributed by atoms with Crippen molar-refractivity contribution in [3.8, 4) is 20.9 Å². The lowest BCUT2D eigenvalue weighted by molar-refractivity contribution is -0.138. The number of rotatable bonds is 15. The molecule has 0 radical (unpaired) electrons. The van der Waals surface area contributed by atoms with Gasteiger partial charge in [0.05, 0.1) is 62.5 Å². The van der Waals surface area contributed by atoms with Gasteiger partial charge in [-0.15, -0.1) is 22.7 Å². The number of nitrogens with zero attached hydrogens (tertiary/aromatic N) is 5. The molecule has 3 aromatic heterocycles. The number of benzene rings is 2. The van der Waals surface area contributed by atoms with Crippen LogP contribution >= 0.6 is 34.9 Å². The standard InChI is InChI=1S/C45H52N8O7S3/c1-24(2)40(50-27(5)54)45(61)53-21-33(56)15-37(53)44(59)47-19-29-8-12-31(13-9-29)42-35(49-23-63-42)16-34-25(3)51-60-38(34)17-39(57)52-20-32(55)14-36(52)43(58)46-18-28-6-10-30(11-7-28)41-26(4)48-22-62-41/h6-13,22-24,32-33,36-37,40,55-56H,14-21H2,1-5H3,(H,46,58)(H,47,59)(H,50,54)/t32-,33-,36+,37+,40+/m1/s1. The molecule has 2 aliphatic heterocycles. The van der Waals surface area contributed by atoms with Crippen LogP contribution in [0.25, 0.3) is 20.9 Å². The summed E-state index contributed by atoms with van der Waals surface area (Å²) in [5.41, 5.74) is 10.4. The lowest BCUT2D eigenvalue weighted by Crippen LogP contribution is -2.54.